The van der Waals surface area contributed by atoms with Crippen molar-refractivity contribution in [3.63, 3.8) is 0 Å². The van der Waals surface area contributed by atoms with E-state index < -0.39 is 28.5 Å². The van der Waals surface area contributed by atoms with Crippen molar-refractivity contribution in [1.82, 2.24) is 10.2 Å². The van der Waals surface area contributed by atoms with Crippen LogP contribution in [-0.4, -0.2) is 57.6 Å². The third-order valence-electron chi connectivity index (χ3n) is 5.40. The number of sulfonamides is 1. The van der Waals surface area contributed by atoms with Crippen LogP contribution in [-0.2, 0) is 26.2 Å². The largest absolute Gasteiger partial charge is 0.495 e. The fourth-order valence-electron chi connectivity index (χ4n) is 3.41. The molecule has 0 aliphatic heterocycles. The number of carbonyl (C=O) groups excluding carboxylic acids is 2. The van der Waals surface area contributed by atoms with Crippen LogP contribution in [0.25, 0.3) is 0 Å². The molecular formula is C25H34BrN3O5S. The van der Waals surface area contributed by atoms with Crippen molar-refractivity contribution >= 4 is 43.5 Å². The molecule has 0 unspecified atom stereocenters. The number of ether oxygens (including phenoxy) is 1. The van der Waals surface area contributed by atoms with Gasteiger partial charge in [0.25, 0.3) is 0 Å². The zero-order chi connectivity index (χ0) is 26.3. The topological polar surface area (TPSA) is 96.0 Å². The Labute approximate surface area is 216 Å². The number of amides is 2. The molecule has 192 valence electrons. The molecule has 2 aromatic rings. The third-order valence-corrected chi connectivity index (χ3v) is 7.06. The molecule has 0 saturated carbocycles. The van der Waals surface area contributed by atoms with Gasteiger partial charge in [0.05, 0.1) is 19.1 Å². The monoisotopic (exact) mass is 567 g/mol. The Balaban J connectivity index is 2.43. The van der Waals surface area contributed by atoms with Gasteiger partial charge in [-0.3, -0.25) is 13.9 Å². The summed E-state index contributed by atoms with van der Waals surface area (Å²) in [5.74, 6) is -0.232. The highest BCUT2D eigenvalue weighted by Gasteiger charge is 2.31. The second-order valence-corrected chi connectivity index (χ2v) is 11.7. The Morgan fingerprint density at radius 3 is 2.26 bits per heavy atom. The van der Waals surface area contributed by atoms with Gasteiger partial charge in [0.15, 0.2) is 0 Å². The lowest BCUT2D eigenvalue weighted by Crippen LogP contribution is -2.51. The van der Waals surface area contributed by atoms with E-state index in [4.69, 9.17) is 4.74 Å². The van der Waals surface area contributed by atoms with E-state index in [1.165, 1.54) is 12.0 Å². The summed E-state index contributed by atoms with van der Waals surface area (Å²) < 4.78 is 32.8. The molecule has 0 fully saturated rings. The molecule has 0 aliphatic carbocycles. The molecule has 0 saturated heterocycles. The predicted octanol–water partition coefficient (Wildman–Crippen LogP) is 3.72. The maximum absolute atomic E-state index is 13.6. The zero-order valence-electron chi connectivity index (χ0n) is 21.0. The van der Waals surface area contributed by atoms with Crippen molar-refractivity contribution in [2.75, 3.05) is 30.8 Å². The Hall–Kier alpha value is -2.59. The first-order valence-electron chi connectivity index (χ1n) is 11.3. The van der Waals surface area contributed by atoms with Crippen LogP contribution in [0.15, 0.2) is 46.9 Å². The van der Waals surface area contributed by atoms with Gasteiger partial charge in [-0.05, 0) is 55.2 Å². The first kappa shape index (κ1) is 28.6. The summed E-state index contributed by atoms with van der Waals surface area (Å²) in [6, 6.07) is 11.7. The number of anilines is 1. The van der Waals surface area contributed by atoms with E-state index in [1.807, 2.05) is 45.0 Å². The zero-order valence-corrected chi connectivity index (χ0v) is 23.4. The molecule has 8 nitrogen and oxygen atoms in total. The van der Waals surface area contributed by atoms with E-state index in [-0.39, 0.29) is 24.1 Å². The SMILES string of the molecule is COc1ccc(C)cc1N(CC(=O)N(Cc1ccc(Br)cc1)[C@H](C)C(=O)NCC(C)C)S(C)(=O)=O. The lowest BCUT2D eigenvalue weighted by Gasteiger charge is -2.32. The van der Waals surface area contributed by atoms with Gasteiger partial charge in [-0.15, -0.1) is 0 Å². The molecule has 2 rings (SSSR count). The van der Waals surface area contributed by atoms with Crippen LogP contribution >= 0.6 is 15.9 Å². The molecule has 0 radical (unpaired) electrons. The van der Waals surface area contributed by atoms with Gasteiger partial charge in [-0.25, -0.2) is 8.42 Å². The van der Waals surface area contributed by atoms with Crippen LogP contribution in [0.3, 0.4) is 0 Å². The maximum atomic E-state index is 13.6. The Kier molecular flexibility index (Phi) is 10.1. The quantitative estimate of drug-likeness (QED) is 0.446. The molecule has 0 spiro atoms. The standard InChI is InChI=1S/C25H34BrN3O5S/c1-17(2)14-27-25(31)19(4)28(15-20-8-10-21(26)11-9-20)24(30)16-29(35(6,32)33)22-13-18(3)7-12-23(22)34-5/h7-13,17,19H,14-16H2,1-6H3,(H,27,31)/t19-/m1/s1. The molecular weight excluding hydrogens is 534 g/mol. The van der Waals surface area contributed by atoms with E-state index in [9.17, 15) is 18.0 Å². The second kappa shape index (κ2) is 12.4. The van der Waals surface area contributed by atoms with Crippen LogP contribution in [0.1, 0.15) is 31.9 Å². The summed E-state index contributed by atoms with van der Waals surface area (Å²) in [4.78, 5) is 27.9. The van der Waals surface area contributed by atoms with Crippen molar-refractivity contribution in [2.24, 2.45) is 5.92 Å². The van der Waals surface area contributed by atoms with Crippen LogP contribution in [0, 0.1) is 12.8 Å². The molecule has 0 bridgehead atoms. The Bertz CT molecular complexity index is 1140. The van der Waals surface area contributed by atoms with Crippen LogP contribution in [0.5, 0.6) is 5.75 Å². The summed E-state index contributed by atoms with van der Waals surface area (Å²) >= 11 is 3.40. The molecule has 10 heteroatoms. The average Bonchev–Trinajstić information content (AvgIpc) is 2.79. The highest BCUT2D eigenvalue weighted by Crippen LogP contribution is 2.31. The lowest BCUT2D eigenvalue weighted by atomic mass is 10.1. The second-order valence-electron chi connectivity index (χ2n) is 8.91. The van der Waals surface area contributed by atoms with Crippen molar-refractivity contribution in [2.45, 2.75) is 40.3 Å². The van der Waals surface area contributed by atoms with Crippen molar-refractivity contribution in [3.05, 3.63) is 58.1 Å². The Morgan fingerprint density at radius 2 is 1.71 bits per heavy atom. The number of carbonyl (C=O) groups is 2. The highest BCUT2D eigenvalue weighted by molar-refractivity contribution is 9.10. The van der Waals surface area contributed by atoms with Crippen molar-refractivity contribution in [1.29, 1.82) is 0 Å². The number of aryl methyl sites for hydroxylation is 1. The van der Waals surface area contributed by atoms with Gasteiger partial charge in [0.1, 0.15) is 18.3 Å². The van der Waals surface area contributed by atoms with Crippen LogP contribution < -0.4 is 14.4 Å². The minimum absolute atomic E-state index is 0.144. The maximum Gasteiger partial charge on any atom is 0.244 e. The van der Waals surface area contributed by atoms with E-state index in [0.29, 0.717) is 12.3 Å². The number of benzene rings is 2. The fourth-order valence-corrected chi connectivity index (χ4v) is 4.52. The minimum atomic E-state index is -3.84. The van der Waals surface area contributed by atoms with Gasteiger partial charge in [0.2, 0.25) is 21.8 Å². The third kappa shape index (κ3) is 8.24. The van der Waals surface area contributed by atoms with E-state index in [0.717, 1.165) is 26.2 Å². The van der Waals surface area contributed by atoms with Crippen LogP contribution in [0.4, 0.5) is 5.69 Å². The van der Waals surface area contributed by atoms with Gasteiger partial charge >= 0.3 is 0 Å². The minimum Gasteiger partial charge on any atom is -0.495 e. The molecule has 2 aromatic carbocycles. The number of nitrogens with one attached hydrogen (secondary N) is 1. The van der Waals surface area contributed by atoms with Gasteiger partial charge in [0, 0.05) is 17.6 Å². The normalized spacial score (nSPS) is 12.2. The number of hydrogen-bond acceptors (Lipinski definition) is 5. The fraction of sp³-hybridized carbons (Fsp3) is 0.440. The summed E-state index contributed by atoms with van der Waals surface area (Å²) in [5, 5.41) is 2.86. The highest BCUT2D eigenvalue weighted by atomic mass is 79.9. The van der Waals surface area contributed by atoms with E-state index >= 15 is 0 Å². The number of rotatable bonds is 11. The number of nitrogens with zero attached hydrogens (tertiary/aromatic N) is 2. The summed E-state index contributed by atoms with van der Waals surface area (Å²) in [6.45, 7) is 7.57. The first-order chi connectivity index (χ1) is 16.3. The summed E-state index contributed by atoms with van der Waals surface area (Å²) in [5.41, 5.74) is 1.89. The average molecular weight is 569 g/mol. The van der Waals surface area contributed by atoms with Crippen molar-refractivity contribution in [3.8, 4) is 5.75 Å². The van der Waals surface area contributed by atoms with Crippen molar-refractivity contribution < 1.29 is 22.7 Å². The molecule has 0 heterocycles. The predicted molar refractivity (Wildman–Crippen MR) is 142 cm³/mol. The first-order valence-corrected chi connectivity index (χ1v) is 13.9. The van der Waals surface area contributed by atoms with Gasteiger partial charge in [-0.1, -0.05) is 48.0 Å². The van der Waals surface area contributed by atoms with E-state index in [2.05, 4.69) is 21.2 Å². The number of hydrogen-bond donors (Lipinski definition) is 1. The van der Waals surface area contributed by atoms with Gasteiger partial charge in [-0.2, -0.15) is 0 Å². The molecule has 1 atom stereocenters. The number of halogens is 1. The molecule has 0 aliphatic rings. The molecule has 0 aromatic heterocycles. The smallest absolute Gasteiger partial charge is 0.244 e. The molecule has 1 N–H and O–H groups in total. The van der Waals surface area contributed by atoms with E-state index in [1.54, 1.807) is 25.1 Å². The molecule has 35 heavy (non-hydrogen) atoms. The summed E-state index contributed by atoms with van der Waals surface area (Å²) in [7, 11) is -2.40. The number of methoxy groups -OCH3 is 1. The van der Waals surface area contributed by atoms with Gasteiger partial charge < -0.3 is 15.0 Å². The van der Waals surface area contributed by atoms with Crippen LogP contribution in [0.2, 0.25) is 0 Å². The lowest BCUT2D eigenvalue weighted by molar-refractivity contribution is -0.139. The Morgan fingerprint density at radius 1 is 1.09 bits per heavy atom. The summed E-state index contributed by atoms with van der Waals surface area (Å²) in [6.07, 6.45) is 1.04. The molecule has 2 amide bonds.